The summed E-state index contributed by atoms with van der Waals surface area (Å²) in [6, 6.07) is 50.1. The second kappa shape index (κ2) is 13.5. The van der Waals surface area contributed by atoms with Crippen LogP contribution in [0.15, 0.2) is 152 Å². The summed E-state index contributed by atoms with van der Waals surface area (Å²) in [5.74, 6) is 0. The second-order valence-corrected chi connectivity index (χ2v) is 13.2. The van der Waals surface area contributed by atoms with Crippen LogP contribution in [-0.4, -0.2) is 28.3 Å². The average Bonchev–Trinajstić information content (AvgIpc) is 3.02. The Morgan fingerprint density at radius 2 is 0.875 bits per heavy atom. The molecule has 0 fully saturated rings. The smallest absolute Gasteiger partial charge is 0.145 e. The van der Waals surface area contributed by atoms with Crippen LogP contribution in [0.5, 0.6) is 0 Å². The molecule has 40 heavy (non-hydrogen) atoms. The van der Waals surface area contributed by atoms with E-state index in [-0.39, 0.29) is 12.2 Å². The number of benzene rings is 5. The Morgan fingerprint density at radius 3 is 1.27 bits per heavy atom. The van der Waals surface area contributed by atoms with Crippen molar-refractivity contribution < 1.29 is 9.67 Å². The molecule has 0 aliphatic carbocycles. The molecule has 202 valence electrons. The molecule has 5 aromatic carbocycles. The van der Waals surface area contributed by atoms with E-state index in [1.807, 2.05) is 91.0 Å². The summed E-state index contributed by atoms with van der Waals surface area (Å²) in [6.07, 6.45) is -0.0250. The number of hydrogen-bond acceptors (Lipinski definition) is 3. The van der Waals surface area contributed by atoms with Crippen LogP contribution in [0.4, 0.5) is 0 Å². The molecule has 5 aromatic rings. The third-order valence-electron chi connectivity index (χ3n) is 7.45. The quantitative estimate of drug-likeness (QED) is 0.178. The lowest BCUT2D eigenvalue weighted by molar-refractivity contribution is 0.0524. The van der Waals surface area contributed by atoms with Crippen molar-refractivity contribution in [1.29, 1.82) is 0 Å². The summed E-state index contributed by atoms with van der Waals surface area (Å²) in [4.78, 5) is 2.35. The zero-order chi connectivity index (χ0) is 27.6. The van der Waals surface area contributed by atoms with Gasteiger partial charge in [-0.2, -0.15) is 0 Å². The molecule has 0 unspecified atom stereocenters. The fourth-order valence-corrected chi connectivity index (χ4v) is 8.17. The van der Waals surface area contributed by atoms with Crippen LogP contribution in [0, 0.1) is 0 Å². The number of nitrogens with zero attached hydrogens (tertiary/aromatic N) is 1. The molecule has 0 radical (unpaired) electrons. The SMILES string of the molecule is O=P(C[C@H](O)[C@H](Cc1ccccc1)N(Cc1ccccc1)Cc1ccccc1)(c1ccccc1)c1ccccc1. The first-order valence-electron chi connectivity index (χ1n) is 13.9. The van der Waals surface area contributed by atoms with E-state index in [0.29, 0.717) is 19.5 Å². The minimum atomic E-state index is -3.12. The van der Waals surface area contributed by atoms with Gasteiger partial charge in [-0.15, -0.1) is 0 Å². The Morgan fingerprint density at radius 1 is 0.525 bits per heavy atom. The maximum Gasteiger partial charge on any atom is 0.145 e. The molecule has 0 aromatic heterocycles. The number of aliphatic hydroxyl groups is 1. The van der Waals surface area contributed by atoms with Crippen LogP contribution in [0.3, 0.4) is 0 Å². The number of hydrogen-bond donors (Lipinski definition) is 1. The molecule has 0 aliphatic rings. The van der Waals surface area contributed by atoms with Crippen LogP contribution in [0.2, 0.25) is 0 Å². The van der Waals surface area contributed by atoms with E-state index in [4.69, 9.17) is 0 Å². The van der Waals surface area contributed by atoms with Gasteiger partial charge in [-0.25, -0.2) is 0 Å². The molecule has 4 heteroatoms. The van der Waals surface area contributed by atoms with Gasteiger partial charge in [0.15, 0.2) is 0 Å². The molecule has 0 bridgehead atoms. The molecule has 2 atom stereocenters. The van der Waals surface area contributed by atoms with Crippen molar-refractivity contribution in [2.24, 2.45) is 0 Å². The summed E-state index contributed by atoms with van der Waals surface area (Å²) in [5.41, 5.74) is 3.50. The third kappa shape index (κ3) is 7.06. The molecule has 0 aliphatic heterocycles. The van der Waals surface area contributed by atoms with Gasteiger partial charge in [-0.1, -0.05) is 152 Å². The first kappa shape index (κ1) is 27.8. The molecule has 0 saturated heterocycles. The first-order valence-corrected chi connectivity index (χ1v) is 15.8. The Labute approximate surface area is 238 Å². The summed E-state index contributed by atoms with van der Waals surface area (Å²) in [6.45, 7) is 1.34. The van der Waals surface area contributed by atoms with Gasteiger partial charge in [-0.05, 0) is 23.1 Å². The fraction of sp³-hybridized carbons (Fsp3) is 0.167. The fourth-order valence-electron chi connectivity index (χ4n) is 5.37. The molecular formula is C36H36NO2P. The zero-order valence-electron chi connectivity index (χ0n) is 22.7. The summed E-state index contributed by atoms with van der Waals surface area (Å²) < 4.78 is 14.9. The van der Waals surface area contributed by atoms with Gasteiger partial charge in [0.25, 0.3) is 0 Å². The van der Waals surface area contributed by atoms with Crippen molar-refractivity contribution >= 4 is 17.8 Å². The minimum Gasteiger partial charge on any atom is -0.391 e. The van der Waals surface area contributed by atoms with Gasteiger partial charge in [0.1, 0.15) is 7.14 Å². The Balaban J connectivity index is 1.54. The van der Waals surface area contributed by atoms with Crippen LogP contribution in [-0.2, 0) is 24.1 Å². The van der Waals surface area contributed by atoms with Gasteiger partial charge in [-0.3, -0.25) is 4.90 Å². The van der Waals surface area contributed by atoms with Gasteiger partial charge in [0.05, 0.1) is 6.10 Å². The van der Waals surface area contributed by atoms with E-state index in [2.05, 4.69) is 65.6 Å². The highest BCUT2D eigenvalue weighted by Crippen LogP contribution is 2.45. The predicted octanol–water partition coefficient (Wildman–Crippen LogP) is 6.68. The van der Waals surface area contributed by atoms with Crippen molar-refractivity contribution in [3.63, 3.8) is 0 Å². The lowest BCUT2D eigenvalue weighted by Crippen LogP contribution is -2.46. The zero-order valence-corrected chi connectivity index (χ0v) is 23.6. The van der Waals surface area contributed by atoms with Gasteiger partial charge in [0.2, 0.25) is 0 Å². The monoisotopic (exact) mass is 545 g/mol. The van der Waals surface area contributed by atoms with E-state index >= 15 is 0 Å². The van der Waals surface area contributed by atoms with Gasteiger partial charge < -0.3 is 9.67 Å². The van der Waals surface area contributed by atoms with E-state index in [9.17, 15) is 9.67 Å². The average molecular weight is 546 g/mol. The summed E-state index contributed by atoms with van der Waals surface area (Å²) in [5, 5.41) is 13.7. The van der Waals surface area contributed by atoms with E-state index in [1.165, 1.54) is 11.1 Å². The van der Waals surface area contributed by atoms with Crippen molar-refractivity contribution in [3.8, 4) is 0 Å². The highest BCUT2D eigenvalue weighted by molar-refractivity contribution is 7.78. The molecule has 3 nitrogen and oxygen atoms in total. The topological polar surface area (TPSA) is 40.5 Å². The highest BCUT2D eigenvalue weighted by atomic mass is 31.2. The number of aliphatic hydroxyl groups excluding tert-OH is 1. The molecule has 0 spiro atoms. The van der Waals surface area contributed by atoms with Crippen molar-refractivity contribution in [2.45, 2.75) is 31.7 Å². The van der Waals surface area contributed by atoms with E-state index in [1.54, 1.807) is 0 Å². The second-order valence-electron chi connectivity index (χ2n) is 10.3. The van der Waals surface area contributed by atoms with E-state index < -0.39 is 13.2 Å². The lowest BCUT2D eigenvalue weighted by Gasteiger charge is -2.37. The standard InChI is InChI=1S/C36H36NO2P/c38-36(29-40(39,33-22-12-4-13-23-33)34-24-14-5-15-25-34)35(26-30-16-6-1-7-17-30)37(27-31-18-8-2-9-19-31)28-32-20-10-3-11-21-32/h1-25,35-36,38H,26-29H2/t35-,36-/m0/s1. The Bertz CT molecular complexity index is 1390. The lowest BCUT2D eigenvalue weighted by atomic mass is 9.98. The summed E-state index contributed by atoms with van der Waals surface area (Å²) in [7, 11) is -3.12. The Kier molecular flexibility index (Phi) is 9.42. The summed E-state index contributed by atoms with van der Waals surface area (Å²) >= 11 is 0. The van der Waals surface area contributed by atoms with E-state index in [0.717, 1.165) is 16.2 Å². The highest BCUT2D eigenvalue weighted by Gasteiger charge is 2.35. The van der Waals surface area contributed by atoms with Crippen molar-refractivity contribution in [1.82, 2.24) is 4.90 Å². The molecule has 5 rings (SSSR count). The van der Waals surface area contributed by atoms with Crippen molar-refractivity contribution in [3.05, 3.63) is 168 Å². The maximum atomic E-state index is 14.9. The molecule has 0 amide bonds. The van der Waals surface area contributed by atoms with Crippen molar-refractivity contribution in [2.75, 3.05) is 6.16 Å². The predicted molar refractivity (Wildman–Crippen MR) is 167 cm³/mol. The van der Waals surface area contributed by atoms with Gasteiger partial charge >= 0.3 is 0 Å². The largest absolute Gasteiger partial charge is 0.391 e. The minimum absolute atomic E-state index is 0.165. The number of rotatable bonds is 12. The molecule has 1 N–H and O–H groups in total. The van der Waals surface area contributed by atoms with Crippen LogP contribution >= 0.6 is 7.14 Å². The normalized spacial score (nSPS) is 13.2. The van der Waals surface area contributed by atoms with Crippen LogP contribution < -0.4 is 10.6 Å². The van der Waals surface area contributed by atoms with Gasteiger partial charge in [0, 0.05) is 35.9 Å². The van der Waals surface area contributed by atoms with Crippen LogP contribution in [0.25, 0.3) is 0 Å². The molecular weight excluding hydrogens is 509 g/mol. The Hall–Kier alpha value is -3.75. The maximum absolute atomic E-state index is 14.9. The van der Waals surface area contributed by atoms with Crippen LogP contribution in [0.1, 0.15) is 16.7 Å². The third-order valence-corrected chi connectivity index (χ3v) is 10.6. The first-order chi connectivity index (χ1) is 19.6. The molecule has 0 heterocycles. The molecule has 0 saturated carbocycles.